The lowest BCUT2D eigenvalue weighted by molar-refractivity contribution is -0.141. The van der Waals surface area contributed by atoms with Crippen LogP contribution in [0.25, 0.3) is 6.08 Å². The van der Waals surface area contributed by atoms with Crippen molar-refractivity contribution in [1.29, 1.82) is 0 Å². The number of benzene rings is 1. The van der Waals surface area contributed by atoms with Crippen molar-refractivity contribution < 1.29 is 23.8 Å². The molecule has 29 heavy (non-hydrogen) atoms. The van der Waals surface area contributed by atoms with E-state index in [9.17, 15) is 9.59 Å². The molecule has 0 saturated carbocycles. The van der Waals surface area contributed by atoms with Gasteiger partial charge in [-0.3, -0.25) is 9.69 Å². The summed E-state index contributed by atoms with van der Waals surface area (Å²) in [5.41, 5.74) is 1.75. The van der Waals surface area contributed by atoms with Crippen LogP contribution in [0.4, 0.5) is 0 Å². The molecule has 2 aliphatic rings. The van der Waals surface area contributed by atoms with Gasteiger partial charge < -0.3 is 14.2 Å². The number of fused-ring (bicyclic) bond motifs is 1. The summed E-state index contributed by atoms with van der Waals surface area (Å²) in [7, 11) is 3.14. The van der Waals surface area contributed by atoms with Crippen molar-refractivity contribution >= 4 is 34.9 Å². The molecule has 0 aromatic heterocycles. The van der Waals surface area contributed by atoms with Gasteiger partial charge in [0.2, 0.25) is 5.91 Å². The van der Waals surface area contributed by atoms with Crippen molar-refractivity contribution in [2.24, 2.45) is 4.99 Å². The molecule has 7 nitrogen and oxygen atoms in total. The average Bonchev–Trinajstić information content (AvgIpc) is 2.72. The molecule has 1 amide bonds. The number of ether oxygens (including phenoxy) is 3. The molecule has 1 aromatic carbocycles. The second-order valence-corrected chi connectivity index (χ2v) is 7.49. The summed E-state index contributed by atoms with van der Waals surface area (Å²) >= 11 is 1.51. The first kappa shape index (κ1) is 21.1. The van der Waals surface area contributed by atoms with Crippen molar-refractivity contribution in [3.63, 3.8) is 0 Å². The van der Waals surface area contributed by atoms with Crippen LogP contribution in [0.15, 0.2) is 46.6 Å². The zero-order chi connectivity index (χ0) is 20.8. The largest absolute Gasteiger partial charge is 0.496 e. The molecular weight excluding hydrogens is 392 g/mol. The SMILES string of the molecule is COCCOC(=O)C1=C(C)N=C2SCCC(=O)N2[C@@H]1/C=C/c1ccccc1OC. The fourth-order valence-corrected chi connectivity index (χ4v) is 4.19. The van der Waals surface area contributed by atoms with E-state index < -0.39 is 12.0 Å². The minimum Gasteiger partial charge on any atom is -0.496 e. The molecule has 1 saturated heterocycles. The van der Waals surface area contributed by atoms with E-state index in [1.165, 1.54) is 18.9 Å². The zero-order valence-electron chi connectivity index (χ0n) is 16.7. The number of amides is 1. The lowest BCUT2D eigenvalue weighted by Gasteiger charge is -2.37. The minimum absolute atomic E-state index is 0.0631. The Morgan fingerprint density at radius 3 is 2.86 bits per heavy atom. The number of allylic oxidation sites excluding steroid dienone is 1. The molecule has 0 spiro atoms. The third kappa shape index (κ3) is 4.71. The molecule has 2 heterocycles. The summed E-state index contributed by atoms with van der Waals surface area (Å²) in [6.07, 6.45) is 4.08. The van der Waals surface area contributed by atoms with E-state index in [-0.39, 0.29) is 12.5 Å². The molecule has 1 fully saturated rings. The van der Waals surface area contributed by atoms with E-state index in [0.717, 1.165) is 5.56 Å². The molecule has 1 atom stereocenters. The highest BCUT2D eigenvalue weighted by Crippen LogP contribution is 2.33. The highest BCUT2D eigenvalue weighted by Gasteiger charge is 2.39. The minimum atomic E-state index is -0.595. The number of para-hydroxylation sites is 1. The van der Waals surface area contributed by atoms with Gasteiger partial charge in [0.25, 0.3) is 0 Å². The standard InChI is InChI=1S/C21H24N2O5S/c1-14-19(20(25)28-12-11-26-2)16(23-18(24)10-13-29-21(23)22-14)9-8-15-6-4-5-7-17(15)27-3/h4-9,16H,10-13H2,1-3H3/b9-8+/t16-/m1/s1. The quantitative estimate of drug-likeness (QED) is 0.502. The third-order valence-electron chi connectivity index (χ3n) is 4.59. The smallest absolute Gasteiger partial charge is 0.338 e. The number of rotatable bonds is 7. The second kappa shape index (κ2) is 9.76. The van der Waals surface area contributed by atoms with Gasteiger partial charge in [-0.05, 0) is 13.0 Å². The topological polar surface area (TPSA) is 77.4 Å². The first-order valence-electron chi connectivity index (χ1n) is 9.28. The Morgan fingerprint density at radius 1 is 1.31 bits per heavy atom. The van der Waals surface area contributed by atoms with Crippen LogP contribution >= 0.6 is 11.8 Å². The van der Waals surface area contributed by atoms with E-state index in [4.69, 9.17) is 14.2 Å². The van der Waals surface area contributed by atoms with Crippen LogP contribution in [-0.4, -0.2) is 61.2 Å². The summed E-state index contributed by atoms with van der Waals surface area (Å²) in [4.78, 5) is 31.6. The van der Waals surface area contributed by atoms with Crippen molar-refractivity contribution in [3.8, 4) is 5.75 Å². The molecule has 0 unspecified atom stereocenters. The van der Waals surface area contributed by atoms with Crippen LogP contribution in [0.3, 0.4) is 0 Å². The summed E-state index contributed by atoms with van der Waals surface area (Å²) in [6.45, 7) is 2.20. The van der Waals surface area contributed by atoms with Gasteiger partial charge >= 0.3 is 5.97 Å². The number of amidine groups is 1. The van der Waals surface area contributed by atoms with Crippen LogP contribution in [0.5, 0.6) is 5.75 Å². The van der Waals surface area contributed by atoms with E-state index in [1.807, 2.05) is 36.4 Å². The monoisotopic (exact) mass is 416 g/mol. The van der Waals surface area contributed by atoms with E-state index in [2.05, 4.69) is 4.99 Å². The van der Waals surface area contributed by atoms with Crippen LogP contribution in [0.2, 0.25) is 0 Å². The van der Waals surface area contributed by atoms with Crippen LogP contribution < -0.4 is 4.74 Å². The Bertz CT molecular complexity index is 878. The zero-order valence-corrected chi connectivity index (χ0v) is 17.5. The lowest BCUT2D eigenvalue weighted by Crippen LogP contribution is -2.49. The Labute approximate surface area is 174 Å². The van der Waals surface area contributed by atoms with Gasteiger partial charge in [-0.15, -0.1) is 0 Å². The predicted octanol–water partition coefficient (Wildman–Crippen LogP) is 2.88. The van der Waals surface area contributed by atoms with Gasteiger partial charge in [0.15, 0.2) is 5.17 Å². The molecule has 0 radical (unpaired) electrons. The Kier molecular flexibility index (Phi) is 7.11. The Balaban J connectivity index is 1.98. The van der Waals surface area contributed by atoms with Crippen molar-refractivity contribution in [1.82, 2.24) is 4.90 Å². The van der Waals surface area contributed by atoms with Crippen LogP contribution in [0, 0.1) is 0 Å². The van der Waals surface area contributed by atoms with Crippen molar-refractivity contribution in [2.75, 3.05) is 33.2 Å². The lowest BCUT2D eigenvalue weighted by atomic mass is 10.00. The van der Waals surface area contributed by atoms with Gasteiger partial charge in [0.1, 0.15) is 12.4 Å². The molecular formula is C21H24N2O5S. The number of methoxy groups -OCH3 is 2. The number of thioether (sulfide) groups is 1. The summed E-state index contributed by atoms with van der Waals surface area (Å²) in [5, 5.41) is 0.613. The van der Waals surface area contributed by atoms with E-state index in [1.54, 1.807) is 18.9 Å². The maximum atomic E-state index is 12.8. The molecule has 0 bridgehead atoms. The molecule has 0 N–H and O–H groups in total. The first-order chi connectivity index (χ1) is 14.1. The average molecular weight is 416 g/mol. The van der Waals surface area contributed by atoms with Gasteiger partial charge in [-0.1, -0.05) is 42.1 Å². The van der Waals surface area contributed by atoms with Crippen molar-refractivity contribution in [3.05, 3.63) is 47.2 Å². The van der Waals surface area contributed by atoms with Crippen LogP contribution in [-0.2, 0) is 19.1 Å². The van der Waals surface area contributed by atoms with Crippen molar-refractivity contribution in [2.45, 2.75) is 19.4 Å². The number of hydrogen-bond donors (Lipinski definition) is 0. The molecule has 2 aliphatic heterocycles. The third-order valence-corrected chi connectivity index (χ3v) is 5.54. The van der Waals surface area contributed by atoms with Gasteiger partial charge in [0, 0.05) is 24.8 Å². The molecule has 8 heteroatoms. The highest BCUT2D eigenvalue weighted by atomic mass is 32.2. The van der Waals surface area contributed by atoms with E-state index >= 15 is 0 Å². The molecule has 1 aromatic rings. The fourth-order valence-electron chi connectivity index (χ4n) is 3.18. The highest BCUT2D eigenvalue weighted by molar-refractivity contribution is 8.14. The Morgan fingerprint density at radius 2 is 2.10 bits per heavy atom. The molecule has 0 aliphatic carbocycles. The van der Waals surface area contributed by atoms with Gasteiger partial charge in [0.05, 0.1) is 31.0 Å². The number of carbonyl (C=O) groups is 2. The second-order valence-electron chi connectivity index (χ2n) is 6.43. The Hall–Kier alpha value is -2.58. The number of carbonyl (C=O) groups excluding carboxylic acids is 2. The predicted molar refractivity (Wildman–Crippen MR) is 113 cm³/mol. The van der Waals surface area contributed by atoms with Gasteiger partial charge in [-0.25, -0.2) is 9.79 Å². The van der Waals surface area contributed by atoms with Crippen LogP contribution in [0.1, 0.15) is 18.9 Å². The summed E-state index contributed by atoms with van der Waals surface area (Å²) in [5.74, 6) is 0.822. The maximum absolute atomic E-state index is 12.8. The number of aliphatic imine (C=N–C) groups is 1. The number of hydrogen-bond acceptors (Lipinski definition) is 7. The molecule has 3 rings (SSSR count). The maximum Gasteiger partial charge on any atom is 0.338 e. The number of nitrogens with zero attached hydrogens (tertiary/aromatic N) is 2. The van der Waals surface area contributed by atoms with E-state index in [0.29, 0.717) is 41.0 Å². The number of esters is 1. The molecule has 154 valence electrons. The summed E-state index contributed by atoms with van der Waals surface area (Å²) < 4.78 is 15.7. The van der Waals surface area contributed by atoms with Gasteiger partial charge in [-0.2, -0.15) is 0 Å². The normalized spacial score (nSPS) is 19.3. The fraction of sp³-hybridized carbons (Fsp3) is 0.381. The first-order valence-corrected chi connectivity index (χ1v) is 10.3. The summed E-state index contributed by atoms with van der Waals surface area (Å²) in [6, 6.07) is 6.96.